The summed E-state index contributed by atoms with van der Waals surface area (Å²) < 4.78 is 0. The zero-order valence-corrected chi connectivity index (χ0v) is 19.6. The first-order valence-corrected chi connectivity index (χ1v) is 11.0. The number of amidine groups is 1. The summed E-state index contributed by atoms with van der Waals surface area (Å²) in [6, 6.07) is 7.80. The zero-order chi connectivity index (χ0) is 23.1. The van der Waals surface area contributed by atoms with Crippen molar-refractivity contribution >= 4 is 46.9 Å². The molecule has 8 nitrogen and oxygen atoms in total. The van der Waals surface area contributed by atoms with Gasteiger partial charge in [0.05, 0.1) is 0 Å². The lowest BCUT2D eigenvalue weighted by atomic mass is 10.2. The largest absolute Gasteiger partial charge is 0.393 e. The fraction of sp³-hybridized carbons (Fsp3) is 0.348. The van der Waals surface area contributed by atoms with E-state index >= 15 is 0 Å². The van der Waals surface area contributed by atoms with Crippen molar-refractivity contribution in [2.45, 2.75) is 19.9 Å². The highest BCUT2D eigenvalue weighted by atomic mass is 35.5. The van der Waals surface area contributed by atoms with Gasteiger partial charge in [-0.25, -0.2) is 20.4 Å². The minimum absolute atomic E-state index is 0.224. The molecule has 0 atom stereocenters. The molecule has 2 heterocycles. The Bertz CT molecular complexity index is 976. The van der Waals surface area contributed by atoms with Crippen LogP contribution in [-0.4, -0.2) is 60.0 Å². The summed E-state index contributed by atoms with van der Waals surface area (Å²) in [6.45, 7) is 11.4. The van der Waals surface area contributed by atoms with E-state index in [9.17, 15) is 0 Å². The Morgan fingerprint density at radius 3 is 2.47 bits per heavy atom. The van der Waals surface area contributed by atoms with Crippen LogP contribution < -0.4 is 21.5 Å². The summed E-state index contributed by atoms with van der Waals surface area (Å²) in [6.07, 6.45) is 5.42. The first-order valence-electron chi connectivity index (χ1n) is 10.6. The van der Waals surface area contributed by atoms with Crippen LogP contribution >= 0.6 is 11.6 Å². The second-order valence-electron chi connectivity index (χ2n) is 7.94. The van der Waals surface area contributed by atoms with Crippen molar-refractivity contribution in [1.82, 2.24) is 25.7 Å². The molecule has 0 bridgehead atoms. The molecule has 0 saturated carbocycles. The van der Waals surface area contributed by atoms with Crippen LogP contribution in [-0.2, 0) is 0 Å². The van der Waals surface area contributed by atoms with Crippen molar-refractivity contribution in [3.8, 4) is 0 Å². The molecule has 1 aliphatic rings. The van der Waals surface area contributed by atoms with Crippen LogP contribution in [0.25, 0.3) is 12.2 Å². The molecule has 4 N–H and O–H groups in total. The molecule has 0 unspecified atom stereocenters. The molecule has 1 aromatic carbocycles. The Kier molecular flexibility index (Phi) is 8.21. The van der Waals surface area contributed by atoms with Crippen LogP contribution in [0.5, 0.6) is 0 Å². The number of hydrazine groups is 1. The van der Waals surface area contributed by atoms with E-state index < -0.39 is 0 Å². The number of anilines is 2. The maximum Gasteiger partial charge on any atom is 0.183 e. The summed E-state index contributed by atoms with van der Waals surface area (Å²) in [5.74, 6) is 2.16. The summed E-state index contributed by atoms with van der Waals surface area (Å²) in [5.41, 5.74) is 14.1. The molecule has 3 rings (SSSR count). The number of nitrogen functional groups attached to an aromatic ring is 1. The van der Waals surface area contributed by atoms with E-state index in [2.05, 4.69) is 44.3 Å². The third-order valence-corrected chi connectivity index (χ3v) is 5.18. The number of hydrogen-bond acceptors (Lipinski definition) is 7. The number of halogens is 1. The first-order chi connectivity index (χ1) is 15.4. The predicted molar refractivity (Wildman–Crippen MR) is 135 cm³/mol. The highest BCUT2D eigenvalue weighted by Crippen LogP contribution is 2.30. The summed E-state index contributed by atoms with van der Waals surface area (Å²) in [4.78, 5) is 18.4. The second kappa shape index (κ2) is 11.1. The summed E-state index contributed by atoms with van der Waals surface area (Å²) in [5, 5.41) is 0.694. The van der Waals surface area contributed by atoms with Crippen molar-refractivity contribution in [3.63, 3.8) is 0 Å². The third-order valence-electron chi connectivity index (χ3n) is 4.93. The van der Waals surface area contributed by atoms with Crippen LogP contribution in [0.4, 0.5) is 17.3 Å². The average molecular weight is 455 g/mol. The van der Waals surface area contributed by atoms with Crippen LogP contribution in [0.1, 0.15) is 25.2 Å². The van der Waals surface area contributed by atoms with E-state index in [0.717, 1.165) is 31.7 Å². The maximum absolute atomic E-state index is 6.49. The van der Waals surface area contributed by atoms with E-state index in [1.165, 1.54) is 0 Å². The lowest BCUT2D eigenvalue weighted by Gasteiger charge is -2.33. The van der Waals surface area contributed by atoms with Crippen LogP contribution in [0.15, 0.2) is 41.9 Å². The highest BCUT2D eigenvalue weighted by Gasteiger charge is 2.21. The van der Waals surface area contributed by atoms with E-state index in [-0.39, 0.29) is 6.04 Å². The molecular formula is C23H31ClN8. The molecule has 1 aliphatic heterocycles. The van der Waals surface area contributed by atoms with Gasteiger partial charge >= 0.3 is 0 Å². The number of nitrogens with two attached hydrogens (primary N) is 1. The quantitative estimate of drug-likeness (QED) is 0.335. The monoisotopic (exact) mass is 454 g/mol. The van der Waals surface area contributed by atoms with E-state index in [4.69, 9.17) is 22.3 Å². The van der Waals surface area contributed by atoms with E-state index in [1.54, 1.807) is 6.08 Å². The molecule has 1 saturated heterocycles. The molecule has 1 fully saturated rings. The fourth-order valence-corrected chi connectivity index (χ4v) is 3.21. The van der Waals surface area contributed by atoms with Crippen molar-refractivity contribution in [1.29, 1.82) is 0 Å². The second-order valence-corrected chi connectivity index (χ2v) is 8.38. The molecule has 0 amide bonds. The lowest BCUT2D eigenvalue weighted by molar-refractivity contribution is 0.312. The average Bonchev–Trinajstić information content (AvgIpc) is 2.78. The SMILES string of the molecule is C=C/C(=N\c1nc(/C=C/c2ccc(Cl)cc2)nc(N2CCN(C)CC2)c1N)NNC(C)C. The molecule has 0 radical (unpaired) electrons. The van der Waals surface area contributed by atoms with Gasteiger partial charge in [-0.3, -0.25) is 0 Å². The number of benzene rings is 1. The van der Waals surface area contributed by atoms with E-state index in [1.807, 2.05) is 50.3 Å². The minimum atomic E-state index is 0.224. The highest BCUT2D eigenvalue weighted by molar-refractivity contribution is 6.30. The van der Waals surface area contributed by atoms with Gasteiger partial charge in [0.25, 0.3) is 0 Å². The number of piperazine rings is 1. The van der Waals surface area contributed by atoms with Crippen molar-refractivity contribution in [3.05, 3.63) is 53.3 Å². The smallest absolute Gasteiger partial charge is 0.183 e. The maximum atomic E-state index is 6.49. The Morgan fingerprint density at radius 1 is 1.16 bits per heavy atom. The molecular weight excluding hydrogens is 424 g/mol. The Hall–Kier alpha value is -2.94. The van der Waals surface area contributed by atoms with Crippen LogP contribution in [0, 0.1) is 0 Å². The number of aliphatic imine (C=N–C) groups is 1. The molecule has 0 spiro atoms. The number of nitrogens with zero attached hydrogens (tertiary/aromatic N) is 5. The van der Waals surface area contributed by atoms with Crippen molar-refractivity contribution in [2.24, 2.45) is 4.99 Å². The van der Waals surface area contributed by atoms with Crippen LogP contribution in [0.2, 0.25) is 5.02 Å². The van der Waals surface area contributed by atoms with Gasteiger partial charge < -0.3 is 21.0 Å². The first kappa shape index (κ1) is 23.7. The third kappa shape index (κ3) is 6.53. The number of rotatable bonds is 7. The number of aromatic nitrogens is 2. The Morgan fingerprint density at radius 2 is 1.84 bits per heavy atom. The Balaban J connectivity index is 1.98. The minimum Gasteiger partial charge on any atom is -0.393 e. The van der Waals surface area contributed by atoms with Gasteiger partial charge in [0.2, 0.25) is 0 Å². The topological polar surface area (TPSA) is 94.7 Å². The fourth-order valence-electron chi connectivity index (χ4n) is 3.08. The summed E-state index contributed by atoms with van der Waals surface area (Å²) >= 11 is 5.99. The standard InChI is InChI=1S/C23H31ClN8/c1-5-19(30-29-16(2)3)26-22-21(25)23(32-14-12-31(4)13-15-32)28-20(27-22)11-8-17-6-9-18(24)10-7-17/h5-11,16,29H,1,12-15,25H2,2-4H3,(H,26,27,28,30)/b11-8+. The van der Waals surface area contributed by atoms with Gasteiger partial charge in [0, 0.05) is 37.2 Å². The molecule has 32 heavy (non-hydrogen) atoms. The summed E-state index contributed by atoms with van der Waals surface area (Å²) in [7, 11) is 2.11. The van der Waals surface area contributed by atoms with E-state index in [0.29, 0.717) is 34.0 Å². The van der Waals surface area contributed by atoms with Crippen LogP contribution in [0.3, 0.4) is 0 Å². The van der Waals surface area contributed by atoms with Crippen molar-refractivity contribution in [2.75, 3.05) is 43.9 Å². The van der Waals surface area contributed by atoms with Crippen molar-refractivity contribution < 1.29 is 0 Å². The zero-order valence-electron chi connectivity index (χ0n) is 18.8. The Labute approximate surface area is 194 Å². The number of nitrogens with one attached hydrogen (secondary N) is 2. The van der Waals surface area contributed by atoms with Gasteiger partial charge in [0.1, 0.15) is 11.5 Å². The predicted octanol–water partition coefficient (Wildman–Crippen LogP) is 3.35. The van der Waals surface area contributed by atoms with Gasteiger partial charge in [-0.2, -0.15) is 0 Å². The van der Waals surface area contributed by atoms with Gasteiger partial charge in [-0.1, -0.05) is 36.4 Å². The number of likely N-dealkylation sites (N-methyl/N-ethyl adjacent to an activating group) is 1. The number of hydrogen-bond donors (Lipinski definition) is 3. The molecule has 2 aromatic rings. The molecule has 9 heteroatoms. The molecule has 0 aliphatic carbocycles. The van der Waals surface area contributed by atoms with Gasteiger partial charge in [0.15, 0.2) is 17.5 Å². The molecule has 1 aromatic heterocycles. The lowest BCUT2D eigenvalue weighted by Crippen LogP contribution is -2.45. The molecule has 170 valence electrons. The van der Waals surface area contributed by atoms with Gasteiger partial charge in [-0.15, -0.1) is 0 Å². The van der Waals surface area contributed by atoms with Gasteiger partial charge in [-0.05, 0) is 50.7 Å². The normalized spacial score (nSPS) is 15.5.